The lowest BCUT2D eigenvalue weighted by atomic mass is 9.74. The van der Waals surface area contributed by atoms with E-state index in [1.54, 1.807) is 0 Å². The summed E-state index contributed by atoms with van der Waals surface area (Å²) in [5.74, 6) is 0.249. The summed E-state index contributed by atoms with van der Waals surface area (Å²) in [6.07, 6.45) is 6.58. The summed E-state index contributed by atoms with van der Waals surface area (Å²) in [7, 11) is 0. The van der Waals surface area contributed by atoms with Gasteiger partial charge in [0.15, 0.2) is 0 Å². The Balaban J connectivity index is 1.87. The Morgan fingerprint density at radius 1 is 0.893 bits per heavy atom. The molecule has 1 fully saturated rings. The summed E-state index contributed by atoms with van der Waals surface area (Å²) in [6, 6.07) is 25.5. The average Bonchev–Trinajstić information content (AvgIpc) is 2.77. The van der Waals surface area contributed by atoms with Gasteiger partial charge < -0.3 is 4.90 Å². The molecule has 2 aliphatic rings. The van der Waals surface area contributed by atoms with Gasteiger partial charge in [0.05, 0.1) is 0 Å². The summed E-state index contributed by atoms with van der Waals surface area (Å²) in [5.41, 5.74) is 4.73. The van der Waals surface area contributed by atoms with E-state index in [1.807, 2.05) is 24.3 Å². The Hall–Kier alpha value is -3.30. The van der Waals surface area contributed by atoms with Crippen molar-refractivity contribution in [3.8, 4) is 12.1 Å². The molecule has 1 aliphatic heterocycles. The van der Waals surface area contributed by atoms with Crippen LogP contribution in [-0.4, -0.2) is 10.9 Å². The minimum Gasteiger partial charge on any atom is -0.363 e. The highest BCUT2D eigenvalue weighted by atomic mass is 15.2. The van der Waals surface area contributed by atoms with E-state index in [9.17, 15) is 10.5 Å². The van der Waals surface area contributed by atoms with E-state index in [-0.39, 0.29) is 11.5 Å². The lowest BCUT2D eigenvalue weighted by Crippen LogP contribution is -2.44. The molecule has 0 radical (unpaired) electrons. The molecule has 0 bridgehead atoms. The van der Waals surface area contributed by atoms with Crippen molar-refractivity contribution >= 4 is 5.70 Å². The van der Waals surface area contributed by atoms with Crippen LogP contribution in [0.5, 0.6) is 0 Å². The first-order chi connectivity index (χ1) is 13.8. The fraction of sp³-hybridized carbons (Fsp3) is 0.280. The maximum Gasteiger partial charge on any atom is 0.133 e. The molecule has 1 heterocycles. The third-order valence-electron chi connectivity index (χ3n) is 5.91. The van der Waals surface area contributed by atoms with Crippen molar-refractivity contribution in [1.82, 2.24) is 4.90 Å². The standard InChI is InChI=1S/C25H23N3/c26-16-21(17-27)23-15-25(20-11-5-2-6-12-20)28(18-19-9-3-1-4-10-19)24-14-8-7-13-22(23)24/h1-6,9-12,15,22,24H,7-8,13-14,18H2/t22-,24+/m1/s1. The number of nitriles is 2. The fourth-order valence-corrected chi connectivity index (χ4v) is 4.62. The average molecular weight is 365 g/mol. The summed E-state index contributed by atoms with van der Waals surface area (Å²) in [4.78, 5) is 2.50. The van der Waals surface area contributed by atoms with Crippen molar-refractivity contribution in [3.05, 3.63) is 89.0 Å². The van der Waals surface area contributed by atoms with E-state index < -0.39 is 0 Å². The molecule has 1 aliphatic carbocycles. The predicted molar refractivity (Wildman–Crippen MR) is 110 cm³/mol. The number of rotatable bonds is 3. The van der Waals surface area contributed by atoms with Crippen molar-refractivity contribution in [3.63, 3.8) is 0 Å². The van der Waals surface area contributed by atoms with E-state index >= 15 is 0 Å². The molecule has 4 rings (SSSR count). The van der Waals surface area contributed by atoms with E-state index in [4.69, 9.17) is 0 Å². The van der Waals surface area contributed by atoms with E-state index in [0.29, 0.717) is 6.04 Å². The molecule has 3 heteroatoms. The number of allylic oxidation sites excluding steroid dienone is 2. The van der Waals surface area contributed by atoms with Gasteiger partial charge >= 0.3 is 0 Å². The molecular weight excluding hydrogens is 342 g/mol. The second-order valence-corrected chi connectivity index (χ2v) is 7.52. The van der Waals surface area contributed by atoms with E-state index in [0.717, 1.165) is 42.6 Å². The number of nitrogens with zero attached hydrogens (tertiary/aromatic N) is 3. The monoisotopic (exact) mass is 365 g/mol. The highest BCUT2D eigenvalue weighted by molar-refractivity contribution is 5.71. The number of fused-ring (bicyclic) bond motifs is 1. The molecule has 0 spiro atoms. The van der Waals surface area contributed by atoms with Gasteiger partial charge in [-0.3, -0.25) is 0 Å². The minimum atomic E-state index is 0.249. The number of hydrogen-bond acceptors (Lipinski definition) is 3. The molecule has 0 unspecified atom stereocenters. The normalized spacial score (nSPS) is 21.1. The third kappa shape index (κ3) is 3.45. The predicted octanol–water partition coefficient (Wildman–Crippen LogP) is 5.45. The van der Waals surface area contributed by atoms with Gasteiger partial charge in [0.2, 0.25) is 0 Å². The van der Waals surface area contributed by atoms with Gasteiger partial charge in [0, 0.05) is 24.2 Å². The molecule has 2 aromatic carbocycles. The van der Waals surface area contributed by atoms with Crippen molar-refractivity contribution in [2.24, 2.45) is 5.92 Å². The Kier molecular flexibility index (Phi) is 5.27. The maximum atomic E-state index is 9.55. The molecule has 3 nitrogen and oxygen atoms in total. The Bertz CT molecular complexity index is 958. The molecular formula is C25H23N3. The van der Waals surface area contributed by atoms with Crippen LogP contribution in [0.2, 0.25) is 0 Å². The zero-order valence-electron chi connectivity index (χ0n) is 15.9. The van der Waals surface area contributed by atoms with Crippen LogP contribution in [0, 0.1) is 28.6 Å². The molecule has 0 aromatic heterocycles. The highest BCUT2D eigenvalue weighted by Gasteiger charge is 2.38. The van der Waals surface area contributed by atoms with Crippen molar-refractivity contribution in [1.29, 1.82) is 10.5 Å². The number of benzene rings is 2. The Morgan fingerprint density at radius 2 is 1.54 bits per heavy atom. The largest absolute Gasteiger partial charge is 0.363 e. The summed E-state index contributed by atoms with van der Waals surface area (Å²) < 4.78 is 0. The molecule has 0 amide bonds. The third-order valence-corrected chi connectivity index (χ3v) is 5.91. The zero-order valence-corrected chi connectivity index (χ0v) is 15.9. The van der Waals surface area contributed by atoms with Gasteiger partial charge in [-0.2, -0.15) is 10.5 Å². The first kappa shape index (κ1) is 18.1. The molecule has 28 heavy (non-hydrogen) atoms. The zero-order chi connectivity index (χ0) is 19.3. The Labute approximate surface area is 166 Å². The summed E-state index contributed by atoms with van der Waals surface area (Å²) in [6.45, 7) is 0.838. The SMILES string of the molecule is N#CC(C#N)=C1C=C(c2ccccc2)N(Cc2ccccc2)[C@H]2CCCC[C@H]12. The first-order valence-corrected chi connectivity index (χ1v) is 9.94. The summed E-state index contributed by atoms with van der Waals surface area (Å²) >= 11 is 0. The van der Waals surface area contributed by atoms with E-state index in [1.165, 1.54) is 12.0 Å². The van der Waals surface area contributed by atoms with Crippen LogP contribution >= 0.6 is 0 Å². The van der Waals surface area contributed by atoms with Crippen LogP contribution in [0.4, 0.5) is 0 Å². The summed E-state index contributed by atoms with van der Waals surface area (Å²) in [5, 5.41) is 19.1. The van der Waals surface area contributed by atoms with E-state index in [2.05, 4.69) is 59.5 Å². The van der Waals surface area contributed by atoms with Gasteiger partial charge in [-0.15, -0.1) is 0 Å². The highest BCUT2D eigenvalue weighted by Crippen LogP contribution is 2.44. The van der Waals surface area contributed by atoms with Crippen LogP contribution in [0.1, 0.15) is 36.8 Å². The number of hydrogen-bond donors (Lipinski definition) is 0. The van der Waals surface area contributed by atoms with Crippen molar-refractivity contribution in [2.45, 2.75) is 38.3 Å². The maximum absolute atomic E-state index is 9.55. The van der Waals surface area contributed by atoms with Gasteiger partial charge in [0.1, 0.15) is 17.7 Å². The lowest BCUT2D eigenvalue weighted by molar-refractivity contribution is 0.168. The first-order valence-electron chi connectivity index (χ1n) is 9.94. The Morgan fingerprint density at radius 3 is 2.21 bits per heavy atom. The van der Waals surface area contributed by atoms with Gasteiger partial charge in [-0.1, -0.05) is 73.5 Å². The van der Waals surface area contributed by atoms with Crippen LogP contribution < -0.4 is 0 Å². The fourth-order valence-electron chi connectivity index (χ4n) is 4.62. The van der Waals surface area contributed by atoms with Gasteiger partial charge in [-0.05, 0) is 35.6 Å². The van der Waals surface area contributed by atoms with Crippen LogP contribution in [0.3, 0.4) is 0 Å². The second kappa shape index (κ2) is 8.15. The van der Waals surface area contributed by atoms with Crippen molar-refractivity contribution in [2.75, 3.05) is 0 Å². The van der Waals surface area contributed by atoms with Crippen molar-refractivity contribution < 1.29 is 0 Å². The molecule has 2 aromatic rings. The van der Waals surface area contributed by atoms with Gasteiger partial charge in [-0.25, -0.2) is 0 Å². The molecule has 2 atom stereocenters. The lowest BCUT2D eigenvalue weighted by Gasteiger charge is -2.46. The smallest absolute Gasteiger partial charge is 0.133 e. The van der Waals surface area contributed by atoms with Crippen LogP contribution in [0.25, 0.3) is 5.70 Å². The minimum absolute atomic E-state index is 0.249. The van der Waals surface area contributed by atoms with Gasteiger partial charge in [0.25, 0.3) is 0 Å². The molecule has 0 N–H and O–H groups in total. The molecule has 138 valence electrons. The molecule has 0 saturated heterocycles. The second-order valence-electron chi connectivity index (χ2n) is 7.52. The van der Waals surface area contributed by atoms with Crippen LogP contribution in [-0.2, 0) is 6.54 Å². The van der Waals surface area contributed by atoms with Crippen LogP contribution in [0.15, 0.2) is 77.9 Å². The topological polar surface area (TPSA) is 50.8 Å². The molecule has 1 saturated carbocycles. The quantitative estimate of drug-likeness (QED) is 0.680.